The molecule has 0 aliphatic rings. The largest absolute Gasteiger partial charge is 0.480 e. The van der Waals surface area contributed by atoms with Crippen LogP contribution < -0.4 is 10.6 Å². The smallest absolute Gasteiger partial charge is 0.326 e. The minimum atomic E-state index is -1.09. The number of Topliss-reactive ketones (excluding diaryl/α,β-unsaturated/α-hetero) is 1. The molecule has 3 aromatic rings. The molecule has 0 bridgehead atoms. The van der Waals surface area contributed by atoms with Crippen molar-refractivity contribution < 1.29 is 19.5 Å². The van der Waals surface area contributed by atoms with Crippen molar-refractivity contribution in [2.24, 2.45) is 0 Å². The van der Waals surface area contributed by atoms with Gasteiger partial charge in [-0.15, -0.1) is 0 Å². The number of carbonyl (C=O) groups excluding carboxylic acids is 2. The van der Waals surface area contributed by atoms with Gasteiger partial charge in [0, 0.05) is 37.6 Å². The molecule has 2 aromatic carbocycles. The number of pyridine rings is 1. The Morgan fingerprint density at radius 1 is 0.914 bits per heavy atom. The summed E-state index contributed by atoms with van der Waals surface area (Å²) < 4.78 is 0. The number of aliphatic carboxylic acids is 1. The molecule has 0 aliphatic carbocycles. The van der Waals surface area contributed by atoms with Crippen molar-refractivity contribution in [1.82, 2.24) is 10.3 Å². The highest BCUT2D eigenvalue weighted by Gasteiger charge is 2.23. The number of nitrogens with one attached hydrogen (secondary N) is 2. The minimum Gasteiger partial charge on any atom is -0.480 e. The Morgan fingerprint density at radius 2 is 1.60 bits per heavy atom. The average Bonchev–Trinajstić information content (AvgIpc) is 2.83. The molecule has 0 fully saturated rings. The summed E-state index contributed by atoms with van der Waals surface area (Å²) in [5.41, 5.74) is 3.75. The molecule has 1 atom stereocenters. The lowest BCUT2D eigenvalue weighted by atomic mass is 9.99. The fourth-order valence-electron chi connectivity index (χ4n) is 3.92. The van der Waals surface area contributed by atoms with Gasteiger partial charge >= 0.3 is 5.97 Å². The maximum absolute atomic E-state index is 12.7. The molecule has 7 nitrogen and oxygen atoms in total. The zero-order chi connectivity index (χ0) is 25.2. The fourth-order valence-corrected chi connectivity index (χ4v) is 3.92. The molecule has 35 heavy (non-hydrogen) atoms. The van der Waals surface area contributed by atoms with E-state index >= 15 is 0 Å². The number of hydrogen-bond donors (Lipinski definition) is 3. The Labute approximate surface area is 205 Å². The lowest BCUT2D eigenvalue weighted by molar-refractivity contribution is -0.139. The zero-order valence-electron chi connectivity index (χ0n) is 20.1. The second-order valence-electron chi connectivity index (χ2n) is 8.61. The van der Waals surface area contributed by atoms with E-state index in [9.17, 15) is 19.5 Å². The first kappa shape index (κ1) is 25.6. The van der Waals surface area contributed by atoms with Crippen LogP contribution in [0.25, 0.3) is 0 Å². The third-order valence-corrected chi connectivity index (χ3v) is 5.78. The molecule has 0 saturated heterocycles. The number of benzene rings is 2. The highest BCUT2D eigenvalue weighted by Crippen LogP contribution is 2.15. The van der Waals surface area contributed by atoms with E-state index in [1.807, 2.05) is 74.5 Å². The van der Waals surface area contributed by atoms with Gasteiger partial charge < -0.3 is 15.7 Å². The summed E-state index contributed by atoms with van der Waals surface area (Å²) >= 11 is 0. The van der Waals surface area contributed by atoms with Crippen LogP contribution in [-0.2, 0) is 22.4 Å². The number of nitrogens with zero attached hydrogens (tertiary/aromatic N) is 1. The molecule has 1 heterocycles. The molecule has 0 radical (unpaired) electrons. The third-order valence-electron chi connectivity index (χ3n) is 5.78. The van der Waals surface area contributed by atoms with E-state index in [1.54, 1.807) is 6.20 Å². The van der Waals surface area contributed by atoms with E-state index in [0.29, 0.717) is 31.4 Å². The Bertz CT molecular complexity index is 1140. The molecule has 1 aromatic heterocycles. The Morgan fingerprint density at radius 3 is 2.23 bits per heavy atom. The van der Waals surface area contributed by atoms with Crippen molar-refractivity contribution in [2.45, 2.75) is 45.6 Å². The number of aromatic nitrogens is 1. The van der Waals surface area contributed by atoms with E-state index in [2.05, 4.69) is 15.6 Å². The fraction of sp³-hybridized carbons (Fsp3) is 0.286. The van der Waals surface area contributed by atoms with Crippen LogP contribution >= 0.6 is 0 Å². The molecule has 0 aliphatic heterocycles. The van der Waals surface area contributed by atoms with Gasteiger partial charge in [0.1, 0.15) is 17.6 Å². The Balaban J connectivity index is 1.49. The molecule has 0 unspecified atom stereocenters. The van der Waals surface area contributed by atoms with Gasteiger partial charge in [-0.2, -0.15) is 0 Å². The topological polar surface area (TPSA) is 108 Å². The molecule has 3 rings (SSSR count). The standard InChI is InChI=1S/C28H31N3O4/c1-19-7-5-8-20(2)26(19)27(33)31-24(28(34)35)18-22-13-11-21(12-14-22)17-23(32)9-6-16-30-25-10-3-4-15-29-25/h3-5,7-8,10-15,24H,6,9,16-18H2,1-2H3,(H,29,30)(H,31,33)(H,34,35)/t24-/m0/s1. The van der Waals surface area contributed by atoms with E-state index in [4.69, 9.17) is 0 Å². The zero-order valence-corrected chi connectivity index (χ0v) is 20.1. The van der Waals surface area contributed by atoms with Crippen LogP contribution in [0.4, 0.5) is 5.82 Å². The number of carboxylic acid groups (broad SMARTS) is 1. The summed E-state index contributed by atoms with van der Waals surface area (Å²) in [6.07, 6.45) is 3.38. The highest BCUT2D eigenvalue weighted by atomic mass is 16.4. The Kier molecular flexibility index (Phi) is 9.12. The van der Waals surface area contributed by atoms with E-state index < -0.39 is 17.9 Å². The molecular weight excluding hydrogens is 442 g/mol. The van der Waals surface area contributed by atoms with Gasteiger partial charge in [0.25, 0.3) is 5.91 Å². The second kappa shape index (κ2) is 12.5. The number of hydrogen-bond acceptors (Lipinski definition) is 5. The van der Waals surface area contributed by atoms with Gasteiger partial charge in [-0.25, -0.2) is 9.78 Å². The molecule has 182 valence electrons. The number of carbonyl (C=O) groups is 3. The normalized spacial score (nSPS) is 11.5. The van der Waals surface area contributed by atoms with Crippen LogP contribution in [0.15, 0.2) is 66.9 Å². The maximum Gasteiger partial charge on any atom is 0.326 e. The lowest BCUT2D eigenvalue weighted by Gasteiger charge is -2.17. The van der Waals surface area contributed by atoms with E-state index in [-0.39, 0.29) is 12.2 Å². The SMILES string of the molecule is Cc1cccc(C)c1C(=O)N[C@@H](Cc1ccc(CC(=O)CCCNc2ccccn2)cc1)C(=O)O. The van der Waals surface area contributed by atoms with Gasteiger partial charge in [-0.1, -0.05) is 48.5 Å². The number of rotatable bonds is 12. The number of ketones is 1. The lowest BCUT2D eigenvalue weighted by Crippen LogP contribution is -2.42. The van der Waals surface area contributed by atoms with Gasteiger partial charge in [-0.3, -0.25) is 9.59 Å². The van der Waals surface area contributed by atoms with Crippen molar-refractivity contribution in [3.63, 3.8) is 0 Å². The molecule has 7 heteroatoms. The second-order valence-corrected chi connectivity index (χ2v) is 8.61. The summed E-state index contributed by atoms with van der Waals surface area (Å²) in [6, 6.07) is 17.4. The number of aryl methyl sites for hydroxylation is 2. The average molecular weight is 474 g/mol. The first-order chi connectivity index (χ1) is 16.8. The minimum absolute atomic E-state index is 0.143. The third kappa shape index (κ3) is 7.78. The monoisotopic (exact) mass is 473 g/mol. The predicted octanol–water partition coefficient (Wildman–Crippen LogP) is 4.13. The molecule has 1 amide bonds. The molecule has 0 saturated carbocycles. The quantitative estimate of drug-likeness (QED) is 0.342. The number of amides is 1. The van der Waals surface area contributed by atoms with Gasteiger partial charge in [0.15, 0.2) is 0 Å². The van der Waals surface area contributed by atoms with Crippen molar-refractivity contribution in [2.75, 3.05) is 11.9 Å². The van der Waals surface area contributed by atoms with Crippen LogP contribution in [0.3, 0.4) is 0 Å². The van der Waals surface area contributed by atoms with Gasteiger partial charge in [0.2, 0.25) is 0 Å². The van der Waals surface area contributed by atoms with Crippen LogP contribution in [0.1, 0.15) is 45.5 Å². The van der Waals surface area contributed by atoms with Gasteiger partial charge in [-0.05, 0) is 54.7 Å². The summed E-state index contributed by atoms with van der Waals surface area (Å²) in [5, 5.41) is 15.5. The first-order valence-electron chi connectivity index (χ1n) is 11.7. The van der Waals surface area contributed by atoms with Crippen LogP contribution in [0.2, 0.25) is 0 Å². The van der Waals surface area contributed by atoms with Gasteiger partial charge in [0.05, 0.1) is 0 Å². The number of carboxylic acids is 1. The highest BCUT2D eigenvalue weighted by molar-refractivity contribution is 5.99. The van der Waals surface area contributed by atoms with Crippen molar-refractivity contribution in [3.05, 3.63) is 94.7 Å². The first-order valence-corrected chi connectivity index (χ1v) is 11.7. The summed E-state index contributed by atoms with van der Waals surface area (Å²) in [4.78, 5) is 41.0. The predicted molar refractivity (Wildman–Crippen MR) is 136 cm³/mol. The molecule has 3 N–H and O–H groups in total. The van der Waals surface area contributed by atoms with Crippen LogP contribution in [-0.4, -0.2) is 40.3 Å². The van der Waals surface area contributed by atoms with E-state index in [0.717, 1.165) is 28.1 Å². The van der Waals surface area contributed by atoms with Crippen molar-refractivity contribution in [1.29, 1.82) is 0 Å². The van der Waals surface area contributed by atoms with Crippen molar-refractivity contribution in [3.8, 4) is 0 Å². The molecular formula is C28H31N3O4. The van der Waals surface area contributed by atoms with Crippen molar-refractivity contribution >= 4 is 23.5 Å². The molecule has 0 spiro atoms. The Hall–Kier alpha value is -4.00. The summed E-state index contributed by atoms with van der Waals surface area (Å²) in [6.45, 7) is 4.33. The van der Waals surface area contributed by atoms with E-state index in [1.165, 1.54) is 0 Å². The van der Waals surface area contributed by atoms with Crippen LogP contribution in [0.5, 0.6) is 0 Å². The number of anilines is 1. The summed E-state index contributed by atoms with van der Waals surface area (Å²) in [7, 11) is 0. The maximum atomic E-state index is 12.7. The van der Waals surface area contributed by atoms with Crippen LogP contribution in [0, 0.1) is 13.8 Å². The summed E-state index contributed by atoms with van der Waals surface area (Å²) in [5.74, 6) is -0.554.